The Balaban J connectivity index is 1.96. The number of methoxy groups -OCH3 is 2. The first-order valence-corrected chi connectivity index (χ1v) is 10.1. The van der Waals surface area contributed by atoms with E-state index < -0.39 is 0 Å². The molecule has 1 heterocycles. The van der Waals surface area contributed by atoms with E-state index in [1.807, 2.05) is 13.0 Å². The van der Waals surface area contributed by atoms with E-state index in [2.05, 4.69) is 58.9 Å². The van der Waals surface area contributed by atoms with Crippen LogP contribution < -0.4 is 20.1 Å². The lowest BCUT2D eigenvalue weighted by Gasteiger charge is -2.41. The summed E-state index contributed by atoms with van der Waals surface area (Å²) in [6.45, 7) is 6.30. The number of hydrogen-bond donors (Lipinski definition) is 2. The average molecular weight is 398 g/mol. The van der Waals surface area contributed by atoms with Gasteiger partial charge in [0.1, 0.15) is 0 Å². The van der Waals surface area contributed by atoms with E-state index >= 15 is 0 Å². The third-order valence-electron chi connectivity index (χ3n) is 5.42. The van der Waals surface area contributed by atoms with Crippen molar-refractivity contribution in [3.8, 4) is 11.5 Å². The fraction of sp³-hybridized carbons (Fsp3) is 0.435. The molecular weight excluding hydrogens is 366 g/mol. The monoisotopic (exact) mass is 397 g/mol. The van der Waals surface area contributed by atoms with Crippen molar-refractivity contribution in [2.45, 2.75) is 38.9 Å². The number of ether oxygens (including phenoxy) is 2. The molecule has 3 rings (SSSR count). The van der Waals surface area contributed by atoms with Crippen LogP contribution in [0.3, 0.4) is 0 Å². The van der Waals surface area contributed by atoms with Crippen molar-refractivity contribution in [3.63, 3.8) is 0 Å². The Morgan fingerprint density at radius 1 is 1.17 bits per heavy atom. The van der Waals surface area contributed by atoms with E-state index in [1.54, 1.807) is 14.2 Å². The number of nitrogens with one attached hydrogen (secondary N) is 2. The fourth-order valence-corrected chi connectivity index (χ4v) is 4.11. The maximum Gasteiger partial charge on any atom is 0.315 e. The number of urea groups is 1. The first kappa shape index (κ1) is 21.0. The molecule has 0 aromatic heterocycles. The summed E-state index contributed by atoms with van der Waals surface area (Å²) < 4.78 is 11.1. The van der Waals surface area contributed by atoms with Gasteiger partial charge in [0.15, 0.2) is 11.5 Å². The topological polar surface area (TPSA) is 62.8 Å². The first-order chi connectivity index (χ1) is 14.1. The molecule has 2 amide bonds. The van der Waals surface area contributed by atoms with E-state index in [9.17, 15) is 4.79 Å². The molecule has 0 fully saturated rings. The molecule has 0 saturated carbocycles. The Morgan fingerprint density at radius 3 is 2.52 bits per heavy atom. The zero-order valence-corrected chi connectivity index (χ0v) is 17.7. The molecule has 0 bridgehead atoms. The molecule has 2 aromatic rings. The molecule has 0 aliphatic carbocycles. The van der Waals surface area contributed by atoms with Gasteiger partial charge in [-0.1, -0.05) is 30.3 Å². The number of fused-ring (bicyclic) bond motifs is 1. The van der Waals surface area contributed by atoms with Crippen molar-refractivity contribution < 1.29 is 14.3 Å². The molecule has 1 aliphatic rings. The van der Waals surface area contributed by atoms with Crippen molar-refractivity contribution in [1.82, 2.24) is 15.5 Å². The lowest BCUT2D eigenvalue weighted by atomic mass is 9.87. The van der Waals surface area contributed by atoms with Crippen LogP contribution in [0.15, 0.2) is 42.5 Å². The number of nitrogens with zero attached hydrogens (tertiary/aromatic N) is 1. The lowest BCUT2D eigenvalue weighted by Crippen LogP contribution is -2.49. The van der Waals surface area contributed by atoms with Gasteiger partial charge >= 0.3 is 6.03 Å². The second-order valence-electron chi connectivity index (χ2n) is 7.35. The summed E-state index contributed by atoms with van der Waals surface area (Å²) in [5, 5.41) is 5.94. The Bertz CT molecular complexity index is 826. The van der Waals surface area contributed by atoms with E-state index in [1.165, 1.54) is 16.7 Å². The number of rotatable bonds is 7. The van der Waals surface area contributed by atoms with Gasteiger partial charge in [-0.2, -0.15) is 0 Å². The van der Waals surface area contributed by atoms with E-state index in [0.29, 0.717) is 12.3 Å². The summed E-state index contributed by atoms with van der Waals surface area (Å²) in [5.74, 6) is 1.45. The van der Waals surface area contributed by atoms with Gasteiger partial charge in [0.2, 0.25) is 0 Å². The molecule has 6 heteroatoms. The maximum atomic E-state index is 12.2. The van der Waals surface area contributed by atoms with Gasteiger partial charge in [0, 0.05) is 25.7 Å². The smallest absolute Gasteiger partial charge is 0.315 e. The summed E-state index contributed by atoms with van der Waals surface area (Å²) in [6, 6.07) is 14.4. The lowest BCUT2D eigenvalue weighted by molar-refractivity contribution is 0.143. The Hall–Kier alpha value is -2.73. The summed E-state index contributed by atoms with van der Waals surface area (Å²) in [6.07, 6.45) is 0.924. The van der Waals surface area contributed by atoms with Crippen LogP contribution >= 0.6 is 0 Å². The molecule has 0 radical (unpaired) electrons. The van der Waals surface area contributed by atoms with E-state index in [-0.39, 0.29) is 18.1 Å². The van der Waals surface area contributed by atoms with Gasteiger partial charge in [-0.05, 0) is 49.1 Å². The van der Waals surface area contributed by atoms with Gasteiger partial charge < -0.3 is 20.1 Å². The molecule has 2 aromatic carbocycles. The minimum absolute atomic E-state index is 0.0290. The molecule has 29 heavy (non-hydrogen) atoms. The highest BCUT2D eigenvalue weighted by molar-refractivity contribution is 5.74. The van der Waals surface area contributed by atoms with Crippen molar-refractivity contribution in [3.05, 3.63) is 59.2 Å². The van der Waals surface area contributed by atoms with Crippen molar-refractivity contribution >= 4 is 6.03 Å². The van der Waals surface area contributed by atoms with Gasteiger partial charge in [-0.25, -0.2) is 4.79 Å². The third-order valence-corrected chi connectivity index (χ3v) is 5.42. The number of benzene rings is 2. The minimum atomic E-state index is -0.146. The highest BCUT2D eigenvalue weighted by Gasteiger charge is 2.33. The Morgan fingerprint density at radius 2 is 1.86 bits per heavy atom. The molecule has 0 saturated heterocycles. The van der Waals surface area contributed by atoms with Gasteiger partial charge in [-0.15, -0.1) is 0 Å². The summed E-state index contributed by atoms with van der Waals surface area (Å²) >= 11 is 0. The van der Waals surface area contributed by atoms with Crippen molar-refractivity contribution in [1.29, 1.82) is 0 Å². The van der Waals surface area contributed by atoms with Crippen molar-refractivity contribution in [2.24, 2.45) is 0 Å². The van der Waals surface area contributed by atoms with Crippen LogP contribution in [0.25, 0.3) is 0 Å². The fourth-order valence-electron chi connectivity index (χ4n) is 4.11. The highest BCUT2D eigenvalue weighted by atomic mass is 16.5. The van der Waals surface area contributed by atoms with Crippen LogP contribution in [0.4, 0.5) is 4.79 Å². The third kappa shape index (κ3) is 4.82. The Kier molecular flexibility index (Phi) is 6.99. The Labute approximate surface area is 173 Å². The summed E-state index contributed by atoms with van der Waals surface area (Å²) in [5.41, 5.74) is 3.67. The van der Waals surface area contributed by atoms with Crippen molar-refractivity contribution in [2.75, 3.05) is 27.3 Å². The molecule has 6 nitrogen and oxygen atoms in total. The molecule has 2 N–H and O–H groups in total. The number of amides is 2. The predicted molar refractivity (Wildman–Crippen MR) is 115 cm³/mol. The van der Waals surface area contributed by atoms with Crippen LogP contribution in [0.1, 0.15) is 36.6 Å². The van der Waals surface area contributed by atoms with Crippen LogP contribution in [-0.2, 0) is 13.0 Å². The minimum Gasteiger partial charge on any atom is -0.493 e. The molecule has 0 unspecified atom stereocenters. The standard InChI is InChI=1S/C23H31N3O3/c1-5-24-23(27)25-16(2)22-19-14-21(29-4)20(28-3)13-18(19)11-12-26(22)15-17-9-7-6-8-10-17/h6-10,13-14,16,22H,5,11-12,15H2,1-4H3,(H2,24,25,27)/t16-,22+/m0/s1. The number of carbonyl (C=O) groups is 1. The second-order valence-corrected chi connectivity index (χ2v) is 7.35. The van der Waals surface area contributed by atoms with Crippen LogP contribution in [-0.4, -0.2) is 44.3 Å². The quantitative estimate of drug-likeness (QED) is 0.751. The SMILES string of the molecule is CCNC(=O)N[C@@H](C)[C@@H]1c2cc(OC)c(OC)cc2CCN1Cc1ccccc1. The summed E-state index contributed by atoms with van der Waals surface area (Å²) in [7, 11) is 3.31. The highest BCUT2D eigenvalue weighted by Crippen LogP contribution is 2.40. The zero-order chi connectivity index (χ0) is 20.8. The maximum absolute atomic E-state index is 12.2. The molecule has 2 atom stereocenters. The number of carbonyl (C=O) groups excluding carboxylic acids is 1. The molecule has 156 valence electrons. The van der Waals surface area contributed by atoms with Gasteiger partial charge in [-0.3, -0.25) is 4.90 Å². The van der Waals surface area contributed by atoms with Crippen LogP contribution in [0, 0.1) is 0 Å². The average Bonchev–Trinajstić information content (AvgIpc) is 2.73. The first-order valence-electron chi connectivity index (χ1n) is 10.1. The number of hydrogen-bond acceptors (Lipinski definition) is 4. The predicted octanol–water partition coefficient (Wildman–Crippen LogP) is 3.51. The van der Waals surface area contributed by atoms with Gasteiger partial charge in [0.25, 0.3) is 0 Å². The normalized spacial score (nSPS) is 17.2. The summed E-state index contributed by atoms with van der Waals surface area (Å²) in [4.78, 5) is 14.6. The zero-order valence-electron chi connectivity index (χ0n) is 17.7. The molecule has 0 spiro atoms. The molecule has 1 aliphatic heterocycles. The van der Waals surface area contributed by atoms with Gasteiger partial charge in [0.05, 0.1) is 20.3 Å². The largest absolute Gasteiger partial charge is 0.493 e. The second kappa shape index (κ2) is 9.65. The van der Waals surface area contributed by atoms with Crippen LogP contribution in [0.2, 0.25) is 0 Å². The van der Waals surface area contributed by atoms with E-state index in [0.717, 1.165) is 25.3 Å². The van der Waals surface area contributed by atoms with E-state index in [4.69, 9.17) is 9.47 Å². The van der Waals surface area contributed by atoms with Crippen LogP contribution in [0.5, 0.6) is 11.5 Å². The molecular formula is C23H31N3O3.